The van der Waals surface area contributed by atoms with Gasteiger partial charge in [-0.1, -0.05) is 29.8 Å². The Balaban J connectivity index is 1.79. The summed E-state index contributed by atoms with van der Waals surface area (Å²) in [6.07, 6.45) is 5.08. The van der Waals surface area contributed by atoms with Crippen molar-refractivity contribution in [1.82, 2.24) is 9.29 Å². The van der Waals surface area contributed by atoms with E-state index in [1.807, 2.05) is 18.2 Å². The van der Waals surface area contributed by atoms with Crippen LogP contribution in [0.1, 0.15) is 24.1 Å². The zero-order valence-electron chi connectivity index (χ0n) is 12.5. The largest absolute Gasteiger partial charge is 0.260 e. The van der Waals surface area contributed by atoms with Gasteiger partial charge in [0.1, 0.15) is 0 Å². The summed E-state index contributed by atoms with van der Waals surface area (Å²) in [5, 5.41) is 1.89. The molecule has 1 aromatic carbocycles. The topological polar surface area (TPSA) is 50.3 Å². The first-order chi connectivity index (χ1) is 11.0. The molecule has 4 nitrogen and oxygen atoms in total. The molecule has 0 unspecified atom stereocenters. The molecule has 0 aliphatic heterocycles. The first-order valence-electron chi connectivity index (χ1n) is 7.40. The molecule has 1 aromatic heterocycles. The van der Waals surface area contributed by atoms with E-state index in [4.69, 9.17) is 11.6 Å². The van der Waals surface area contributed by atoms with Crippen LogP contribution in [-0.2, 0) is 16.6 Å². The number of pyridine rings is 1. The summed E-state index contributed by atoms with van der Waals surface area (Å²) >= 11 is 5.83. The Morgan fingerprint density at radius 2 is 1.91 bits per heavy atom. The molecule has 1 aliphatic carbocycles. The molecule has 2 aromatic rings. The molecule has 1 aliphatic rings. The van der Waals surface area contributed by atoms with Gasteiger partial charge >= 0.3 is 0 Å². The van der Waals surface area contributed by atoms with Crippen molar-refractivity contribution in [2.24, 2.45) is 0 Å². The van der Waals surface area contributed by atoms with Crippen LogP contribution < -0.4 is 0 Å². The fourth-order valence-corrected chi connectivity index (χ4v) is 3.81. The van der Waals surface area contributed by atoms with Crippen molar-refractivity contribution in [1.29, 1.82) is 0 Å². The maximum absolute atomic E-state index is 12.6. The monoisotopic (exact) mass is 348 g/mol. The Labute approximate surface area is 141 Å². The Hall–Kier alpha value is -1.69. The molecule has 23 heavy (non-hydrogen) atoms. The van der Waals surface area contributed by atoms with E-state index in [0.29, 0.717) is 11.6 Å². The molecule has 0 N–H and O–H groups in total. The molecule has 0 spiro atoms. The minimum absolute atomic E-state index is 0.0804. The number of sulfonamides is 1. The second kappa shape index (κ2) is 6.83. The quantitative estimate of drug-likeness (QED) is 0.799. The molecule has 6 heteroatoms. The molecule has 0 bridgehead atoms. The number of aromatic nitrogens is 1. The van der Waals surface area contributed by atoms with Gasteiger partial charge in [-0.25, -0.2) is 8.42 Å². The summed E-state index contributed by atoms with van der Waals surface area (Å²) < 4.78 is 26.8. The highest BCUT2D eigenvalue weighted by atomic mass is 35.5. The second-order valence-electron chi connectivity index (χ2n) is 5.50. The summed E-state index contributed by atoms with van der Waals surface area (Å²) in [5.74, 6) is 0. The lowest BCUT2D eigenvalue weighted by atomic mass is 10.2. The van der Waals surface area contributed by atoms with E-state index in [9.17, 15) is 8.42 Å². The predicted molar refractivity (Wildman–Crippen MR) is 92.2 cm³/mol. The van der Waals surface area contributed by atoms with Crippen LogP contribution in [0, 0.1) is 0 Å². The van der Waals surface area contributed by atoms with Crippen LogP contribution in [0.15, 0.2) is 54.1 Å². The standard InChI is InChI=1S/C17H17ClN2O2S/c18-15-6-4-14(5-7-15)10-12-23(21,22)20(17-8-9-17)13-16-3-1-2-11-19-16/h1-7,10-12,17H,8-9,13H2/b12-10+. The molecular weight excluding hydrogens is 332 g/mol. The first kappa shape index (κ1) is 16.2. The zero-order chi connectivity index (χ0) is 16.3. The normalized spacial score (nSPS) is 15.4. The highest BCUT2D eigenvalue weighted by Crippen LogP contribution is 2.31. The van der Waals surface area contributed by atoms with Gasteiger partial charge in [-0.3, -0.25) is 4.98 Å². The number of nitrogens with zero attached hydrogens (tertiary/aromatic N) is 2. The van der Waals surface area contributed by atoms with Crippen LogP contribution in [0.3, 0.4) is 0 Å². The third-order valence-electron chi connectivity index (χ3n) is 3.63. The molecule has 1 heterocycles. The lowest BCUT2D eigenvalue weighted by molar-refractivity contribution is 0.400. The summed E-state index contributed by atoms with van der Waals surface area (Å²) in [6, 6.07) is 12.7. The highest BCUT2D eigenvalue weighted by Gasteiger charge is 2.36. The minimum atomic E-state index is -3.49. The van der Waals surface area contributed by atoms with E-state index in [0.717, 1.165) is 24.1 Å². The van der Waals surface area contributed by atoms with Crippen LogP contribution >= 0.6 is 11.6 Å². The van der Waals surface area contributed by atoms with Gasteiger partial charge in [-0.05, 0) is 48.7 Å². The van der Waals surface area contributed by atoms with E-state index < -0.39 is 10.0 Å². The Morgan fingerprint density at radius 1 is 1.17 bits per heavy atom. The number of benzene rings is 1. The minimum Gasteiger partial charge on any atom is -0.260 e. The molecule has 3 rings (SSSR count). The van der Waals surface area contributed by atoms with Gasteiger partial charge < -0.3 is 0 Å². The van der Waals surface area contributed by atoms with Gasteiger partial charge in [0.2, 0.25) is 10.0 Å². The molecule has 0 amide bonds. The molecule has 1 saturated carbocycles. The Bertz CT molecular complexity index is 785. The number of hydrogen-bond donors (Lipinski definition) is 0. The SMILES string of the molecule is O=S(=O)(/C=C/c1ccc(Cl)cc1)N(Cc1ccccn1)C1CC1. The average molecular weight is 349 g/mol. The average Bonchev–Trinajstić information content (AvgIpc) is 3.38. The van der Waals surface area contributed by atoms with Crippen molar-refractivity contribution in [3.63, 3.8) is 0 Å². The Morgan fingerprint density at radius 3 is 2.52 bits per heavy atom. The summed E-state index contributed by atoms with van der Waals surface area (Å²) in [4.78, 5) is 4.23. The molecular formula is C17H17ClN2O2S. The predicted octanol–water partition coefficient (Wildman–Crippen LogP) is 3.70. The van der Waals surface area contributed by atoms with Crippen LogP contribution in [0.5, 0.6) is 0 Å². The van der Waals surface area contributed by atoms with Crippen LogP contribution in [-0.4, -0.2) is 23.7 Å². The molecule has 0 radical (unpaired) electrons. The Kier molecular flexibility index (Phi) is 4.80. The lowest BCUT2D eigenvalue weighted by Crippen LogP contribution is -2.31. The lowest BCUT2D eigenvalue weighted by Gasteiger charge is -2.19. The highest BCUT2D eigenvalue weighted by molar-refractivity contribution is 7.92. The zero-order valence-corrected chi connectivity index (χ0v) is 14.0. The maximum Gasteiger partial charge on any atom is 0.236 e. The number of halogens is 1. The molecule has 0 saturated heterocycles. The first-order valence-corrected chi connectivity index (χ1v) is 9.28. The number of rotatable bonds is 6. The van der Waals surface area contributed by atoms with E-state index in [1.165, 1.54) is 9.71 Å². The van der Waals surface area contributed by atoms with Gasteiger partial charge in [-0.2, -0.15) is 4.31 Å². The summed E-state index contributed by atoms with van der Waals surface area (Å²) in [6.45, 7) is 0.304. The molecule has 1 fully saturated rings. The van der Waals surface area contributed by atoms with E-state index >= 15 is 0 Å². The third-order valence-corrected chi connectivity index (χ3v) is 5.44. The third kappa shape index (κ3) is 4.41. The van der Waals surface area contributed by atoms with Crippen molar-refractivity contribution < 1.29 is 8.42 Å². The number of hydrogen-bond acceptors (Lipinski definition) is 3. The second-order valence-corrected chi connectivity index (χ2v) is 7.70. The fourth-order valence-electron chi connectivity index (χ4n) is 2.26. The summed E-state index contributed by atoms with van der Waals surface area (Å²) in [7, 11) is -3.49. The fraction of sp³-hybridized carbons (Fsp3) is 0.235. The van der Waals surface area contributed by atoms with Crippen LogP contribution in [0.2, 0.25) is 5.02 Å². The molecule has 120 valence electrons. The van der Waals surface area contributed by atoms with Gasteiger partial charge in [0, 0.05) is 22.7 Å². The van der Waals surface area contributed by atoms with Crippen molar-refractivity contribution in [2.75, 3.05) is 0 Å². The maximum atomic E-state index is 12.6. The summed E-state index contributed by atoms with van der Waals surface area (Å²) in [5.41, 5.74) is 1.55. The van der Waals surface area contributed by atoms with E-state index in [-0.39, 0.29) is 6.04 Å². The van der Waals surface area contributed by atoms with Gasteiger partial charge in [0.05, 0.1) is 12.2 Å². The van der Waals surface area contributed by atoms with E-state index in [1.54, 1.807) is 36.5 Å². The van der Waals surface area contributed by atoms with Gasteiger partial charge in [0.25, 0.3) is 0 Å². The van der Waals surface area contributed by atoms with Crippen molar-refractivity contribution in [2.45, 2.75) is 25.4 Å². The van der Waals surface area contributed by atoms with Crippen LogP contribution in [0.25, 0.3) is 6.08 Å². The van der Waals surface area contributed by atoms with Gasteiger partial charge in [0.15, 0.2) is 0 Å². The van der Waals surface area contributed by atoms with Gasteiger partial charge in [-0.15, -0.1) is 0 Å². The smallest absolute Gasteiger partial charge is 0.236 e. The van der Waals surface area contributed by atoms with Crippen molar-refractivity contribution in [3.05, 3.63) is 70.3 Å². The van der Waals surface area contributed by atoms with E-state index in [2.05, 4.69) is 4.98 Å². The van der Waals surface area contributed by atoms with Crippen LogP contribution in [0.4, 0.5) is 0 Å². The van der Waals surface area contributed by atoms with Crippen molar-refractivity contribution >= 4 is 27.7 Å². The van der Waals surface area contributed by atoms with Crippen molar-refractivity contribution in [3.8, 4) is 0 Å². The molecule has 0 atom stereocenters.